The number of piperazine rings is 1. The number of benzene rings is 1. The van der Waals surface area contributed by atoms with E-state index in [1.165, 1.54) is 42.5 Å². The molecule has 3 heterocycles. The van der Waals surface area contributed by atoms with Gasteiger partial charge in [0.1, 0.15) is 0 Å². The molecule has 2 saturated heterocycles. The molecule has 1 unspecified atom stereocenters. The van der Waals surface area contributed by atoms with E-state index in [-0.39, 0.29) is 17.7 Å². The Kier molecular flexibility index (Phi) is 5.11. The smallest absolute Gasteiger partial charge is 0.255 e. The molecule has 6 rings (SSSR count). The largest absolute Gasteiger partial charge is 0.368 e. The van der Waals surface area contributed by atoms with Crippen LogP contribution in [0.15, 0.2) is 30.5 Å². The number of amides is 2. The van der Waals surface area contributed by atoms with Crippen LogP contribution in [0.4, 0.5) is 5.69 Å². The van der Waals surface area contributed by atoms with Gasteiger partial charge in [-0.3, -0.25) is 14.6 Å². The van der Waals surface area contributed by atoms with Crippen molar-refractivity contribution in [2.24, 2.45) is 0 Å². The van der Waals surface area contributed by atoms with Crippen molar-refractivity contribution < 1.29 is 9.59 Å². The van der Waals surface area contributed by atoms with Crippen molar-refractivity contribution in [2.45, 2.75) is 56.8 Å². The molecule has 2 amide bonds. The van der Waals surface area contributed by atoms with Crippen molar-refractivity contribution in [1.82, 2.24) is 15.2 Å². The van der Waals surface area contributed by atoms with E-state index in [0.717, 1.165) is 55.7 Å². The third-order valence-electron chi connectivity index (χ3n) is 7.79. The summed E-state index contributed by atoms with van der Waals surface area (Å²) in [6, 6.07) is 9.06. The number of hydrogen-bond donors (Lipinski definition) is 1. The van der Waals surface area contributed by atoms with Crippen LogP contribution in [0.1, 0.15) is 82.6 Å². The Morgan fingerprint density at radius 1 is 1.00 bits per heavy atom. The summed E-state index contributed by atoms with van der Waals surface area (Å²) < 4.78 is 0. The number of aromatic nitrogens is 1. The maximum absolute atomic E-state index is 13.3. The number of carbonyl (C=O) groups is 2. The molecule has 2 saturated carbocycles. The summed E-state index contributed by atoms with van der Waals surface area (Å²) in [5.41, 5.74) is 6.76. The van der Waals surface area contributed by atoms with Crippen LogP contribution in [0, 0.1) is 6.92 Å². The van der Waals surface area contributed by atoms with Crippen molar-refractivity contribution >= 4 is 17.5 Å². The summed E-state index contributed by atoms with van der Waals surface area (Å²) in [6.45, 7) is 5.81. The lowest BCUT2D eigenvalue weighted by Gasteiger charge is -2.37. The highest BCUT2D eigenvalue weighted by Crippen LogP contribution is 2.48. The highest BCUT2D eigenvalue weighted by molar-refractivity contribution is 5.95. The molecule has 6 heteroatoms. The Balaban J connectivity index is 1.14. The number of hydrogen-bond acceptors (Lipinski definition) is 4. The minimum Gasteiger partial charge on any atom is -0.368 e. The molecular formula is C27H32N4O2. The molecule has 4 aliphatic rings. The van der Waals surface area contributed by atoms with Crippen LogP contribution in [0.3, 0.4) is 0 Å². The minimum atomic E-state index is -0.191. The first-order valence-corrected chi connectivity index (χ1v) is 12.5. The Labute approximate surface area is 195 Å². The quantitative estimate of drug-likeness (QED) is 0.764. The van der Waals surface area contributed by atoms with E-state index in [1.54, 1.807) is 6.20 Å². The van der Waals surface area contributed by atoms with Crippen LogP contribution in [-0.2, 0) is 4.79 Å². The fraction of sp³-hybridized carbons (Fsp3) is 0.519. The molecule has 1 aromatic carbocycles. The fourth-order valence-corrected chi connectivity index (χ4v) is 5.44. The molecule has 0 bridgehead atoms. The average Bonchev–Trinajstić information content (AvgIpc) is 3.76. The van der Waals surface area contributed by atoms with Crippen LogP contribution in [0.2, 0.25) is 0 Å². The third-order valence-corrected chi connectivity index (χ3v) is 7.79. The van der Waals surface area contributed by atoms with Gasteiger partial charge in [0, 0.05) is 44.6 Å². The molecule has 1 aromatic heterocycles. The van der Waals surface area contributed by atoms with Crippen molar-refractivity contribution in [3.63, 3.8) is 0 Å². The summed E-state index contributed by atoms with van der Waals surface area (Å²) in [7, 11) is 0. The van der Waals surface area contributed by atoms with Crippen LogP contribution in [0.5, 0.6) is 0 Å². The third kappa shape index (κ3) is 4.00. The molecule has 6 nitrogen and oxygen atoms in total. The molecule has 2 aliphatic heterocycles. The first-order chi connectivity index (χ1) is 16.1. The lowest BCUT2D eigenvalue weighted by Crippen LogP contribution is -2.49. The number of anilines is 1. The van der Waals surface area contributed by atoms with E-state index in [9.17, 15) is 9.59 Å². The van der Waals surface area contributed by atoms with E-state index in [2.05, 4.69) is 33.4 Å². The Hall–Kier alpha value is -2.89. The topological polar surface area (TPSA) is 65.5 Å². The van der Waals surface area contributed by atoms with Crippen LogP contribution < -0.4 is 10.2 Å². The van der Waals surface area contributed by atoms with Gasteiger partial charge in [0.15, 0.2) is 0 Å². The van der Waals surface area contributed by atoms with Crippen LogP contribution in [0.25, 0.3) is 0 Å². The summed E-state index contributed by atoms with van der Waals surface area (Å²) in [5, 5.41) is 2.86. The van der Waals surface area contributed by atoms with Gasteiger partial charge < -0.3 is 15.1 Å². The maximum atomic E-state index is 13.3. The molecule has 1 N–H and O–H groups in total. The van der Waals surface area contributed by atoms with Gasteiger partial charge in [-0.25, -0.2) is 0 Å². The second kappa shape index (κ2) is 8.15. The molecule has 0 radical (unpaired) electrons. The predicted molar refractivity (Wildman–Crippen MR) is 128 cm³/mol. The molecule has 4 fully saturated rings. The van der Waals surface area contributed by atoms with Gasteiger partial charge in [0.2, 0.25) is 5.91 Å². The molecule has 1 atom stereocenters. The van der Waals surface area contributed by atoms with Gasteiger partial charge in [-0.05, 0) is 79.7 Å². The number of aryl methyl sites for hydroxylation is 1. The van der Waals surface area contributed by atoms with Gasteiger partial charge in [-0.15, -0.1) is 0 Å². The minimum absolute atomic E-state index is 0.0350. The number of pyridine rings is 1. The van der Waals surface area contributed by atoms with Gasteiger partial charge >= 0.3 is 0 Å². The Morgan fingerprint density at radius 2 is 1.76 bits per heavy atom. The van der Waals surface area contributed by atoms with Gasteiger partial charge in [-0.1, -0.05) is 12.1 Å². The molecule has 33 heavy (non-hydrogen) atoms. The SMILES string of the molecule is Cc1cc(C2CCNC2=O)ncc1C(=O)N1CCN(c2ccc(C3CC3)cc2C2CC2)CC1. The molecule has 172 valence electrons. The fourth-order valence-electron chi connectivity index (χ4n) is 5.44. The first kappa shape index (κ1) is 20.7. The van der Waals surface area contributed by atoms with E-state index >= 15 is 0 Å². The zero-order valence-electron chi connectivity index (χ0n) is 19.3. The van der Waals surface area contributed by atoms with E-state index in [4.69, 9.17) is 0 Å². The maximum Gasteiger partial charge on any atom is 0.255 e. The zero-order valence-corrected chi connectivity index (χ0v) is 19.3. The van der Waals surface area contributed by atoms with E-state index < -0.39 is 0 Å². The molecule has 0 spiro atoms. The lowest BCUT2D eigenvalue weighted by atomic mass is 9.99. The number of nitrogens with one attached hydrogen (secondary N) is 1. The number of rotatable bonds is 5. The summed E-state index contributed by atoms with van der Waals surface area (Å²) in [6.07, 6.45) is 7.74. The molecule has 2 aliphatic carbocycles. The summed E-state index contributed by atoms with van der Waals surface area (Å²) in [4.78, 5) is 34.2. The first-order valence-electron chi connectivity index (χ1n) is 12.5. The second-order valence-electron chi connectivity index (χ2n) is 10.2. The molecule has 2 aromatic rings. The standard InChI is InChI=1S/C27H32N4O2/c1-17-14-24(21-8-9-28-26(21)32)29-16-23(17)27(33)31-12-10-30(11-13-31)25-7-6-20(18-2-3-18)15-22(25)19-4-5-19/h6-7,14-16,18-19,21H,2-5,8-13H2,1H3,(H,28,32). The Morgan fingerprint density at radius 3 is 2.39 bits per heavy atom. The molecular weight excluding hydrogens is 412 g/mol. The highest BCUT2D eigenvalue weighted by Gasteiger charge is 2.33. The normalized spacial score (nSPS) is 23.1. The van der Waals surface area contributed by atoms with Crippen LogP contribution >= 0.6 is 0 Å². The van der Waals surface area contributed by atoms with Crippen molar-refractivity contribution in [2.75, 3.05) is 37.6 Å². The summed E-state index contributed by atoms with van der Waals surface area (Å²) in [5.74, 6) is 1.41. The van der Waals surface area contributed by atoms with Gasteiger partial charge in [0.05, 0.1) is 17.2 Å². The second-order valence-corrected chi connectivity index (χ2v) is 10.2. The van der Waals surface area contributed by atoms with Crippen molar-refractivity contribution in [3.05, 3.63) is 58.4 Å². The number of carbonyl (C=O) groups excluding carboxylic acids is 2. The Bertz CT molecular complexity index is 1100. The lowest BCUT2D eigenvalue weighted by molar-refractivity contribution is -0.120. The number of nitrogens with zero attached hydrogens (tertiary/aromatic N) is 3. The predicted octanol–water partition coefficient (Wildman–Crippen LogP) is 3.71. The van der Waals surface area contributed by atoms with Crippen LogP contribution in [-0.4, -0.2) is 54.4 Å². The van der Waals surface area contributed by atoms with Crippen molar-refractivity contribution in [1.29, 1.82) is 0 Å². The van der Waals surface area contributed by atoms with E-state index in [1.807, 2.05) is 17.9 Å². The van der Waals surface area contributed by atoms with E-state index in [0.29, 0.717) is 12.1 Å². The van der Waals surface area contributed by atoms with Crippen molar-refractivity contribution in [3.8, 4) is 0 Å². The van der Waals surface area contributed by atoms with Gasteiger partial charge in [-0.2, -0.15) is 0 Å². The highest BCUT2D eigenvalue weighted by atomic mass is 16.2. The zero-order chi connectivity index (χ0) is 22.5. The van der Waals surface area contributed by atoms with Gasteiger partial charge in [0.25, 0.3) is 5.91 Å². The monoisotopic (exact) mass is 444 g/mol. The summed E-state index contributed by atoms with van der Waals surface area (Å²) >= 11 is 0. The average molecular weight is 445 g/mol.